The van der Waals surface area contributed by atoms with Gasteiger partial charge in [-0.2, -0.15) is 5.10 Å². The van der Waals surface area contributed by atoms with E-state index in [2.05, 4.69) is 32.8 Å². The first kappa shape index (κ1) is 14.5. The van der Waals surface area contributed by atoms with Crippen LogP contribution in [-0.2, 0) is 7.05 Å². The monoisotopic (exact) mass is 258 g/mol. The van der Waals surface area contributed by atoms with E-state index in [9.17, 15) is 5.11 Å². The summed E-state index contributed by atoms with van der Waals surface area (Å²) in [5, 5.41) is 15.4. The standard InChI is InChI=1S/C13H23ClN2O/c1-6-7-9(4)12(17)10-11(8(2)3)15-16(5)13(10)14/h8-9,12,17H,6-7H2,1-5H3. The Morgan fingerprint density at radius 3 is 2.41 bits per heavy atom. The number of aliphatic hydroxyl groups is 1. The van der Waals surface area contributed by atoms with Gasteiger partial charge in [0.15, 0.2) is 0 Å². The van der Waals surface area contributed by atoms with Crippen molar-refractivity contribution in [3.8, 4) is 0 Å². The van der Waals surface area contributed by atoms with Gasteiger partial charge in [-0.15, -0.1) is 0 Å². The highest BCUT2D eigenvalue weighted by Gasteiger charge is 2.26. The molecule has 1 aromatic rings. The first-order valence-electron chi connectivity index (χ1n) is 6.30. The van der Waals surface area contributed by atoms with Crippen molar-refractivity contribution in [2.45, 2.75) is 52.6 Å². The molecule has 1 heterocycles. The summed E-state index contributed by atoms with van der Waals surface area (Å²) in [6.07, 6.45) is 1.53. The lowest BCUT2D eigenvalue weighted by Gasteiger charge is -2.19. The highest BCUT2D eigenvalue weighted by atomic mass is 35.5. The van der Waals surface area contributed by atoms with Crippen LogP contribution in [0.5, 0.6) is 0 Å². The molecule has 0 saturated heterocycles. The number of hydrogen-bond donors (Lipinski definition) is 1. The molecule has 0 amide bonds. The van der Waals surface area contributed by atoms with Crippen LogP contribution in [-0.4, -0.2) is 14.9 Å². The van der Waals surface area contributed by atoms with Gasteiger partial charge in [-0.1, -0.05) is 45.7 Å². The molecule has 4 heteroatoms. The molecule has 0 bridgehead atoms. The number of halogens is 1. The molecule has 1 rings (SSSR count). The molecule has 0 aliphatic rings. The molecule has 1 N–H and O–H groups in total. The highest BCUT2D eigenvalue weighted by molar-refractivity contribution is 6.30. The van der Waals surface area contributed by atoms with Gasteiger partial charge in [-0.05, 0) is 18.3 Å². The normalized spacial score (nSPS) is 15.3. The lowest BCUT2D eigenvalue weighted by Crippen LogP contribution is -2.11. The zero-order valence-electron chi connectivity index (χ0n) is 11.4. The molecular weight excluding hydrogens is 236 g/mol. The number of aliphatic hydroxyl groups excluding tert-OH is 1. The van der Waals surface area contributed by atoms with Crippen molar-refractivity contribution in [1.29, 1.82) is 0 Å². The summed E-state index contributed by atoms with van der Waals surface area (Å²) >= 11 is 6.24. The fraction of sp³-hybridized carbons (Fsp3) is 0.769. The van der Waals surface area contributed by atoms with Crippen LogP contribution in [0.1, 0.15) is 63.8 Å². The van der Waals surface area contributed by atoms with Crippen molar-refractivity contribution in [1.82, 2.24) is 9.78 Å². The molecule has 2 atom stereocenters. The smallest absolute Gasteiger partial charge is 0.132 e. The van der Waals surface area contributed by atoms with Crippen LogP contribution in [0.2, 0.25) is 5.15 Å². The Bertz CT molecular complexity index is 374. The number of nitrogens with zero attached hydrogens (tertiary/aromatic N) is 2. The molecular formula is C13H23ClN2O. The van der Waals surface area contributed by atoms with E-state index in [0.29, 0.717) is 5.15 Å². The Hall–Kier alpha value is -0.540. The Balaban J connectivity index is 3.10. The fourth-order valence-corrected chi connectivity index (χ4v) is 2.38. The van der Waals surface area contributed by atoms with E-state index in [1.165, 1.54) is 0 Å². The Morgan fingerprint density at radius 2 is 1.94 bits per heavy atom. The SMILES string of the molecule is CCCC(C)C(O)c1c(C(C)C)nn(C)c1Cl. The maximum absolute atomic E-state index is 10.4. The van der Waals surface area contributed by atoms with Crippen LogP contribution in [0.15, 0.2) is 0 Å². The first-order valence-corrected chi connectivity index (χ1v) is 6.68. The van der Waals surface area contributed by atoms with Crippen molar-refractivity contribution in [3.05, 3.63) is 16.4 Å². The van der Waals surface area contributed by atoms with E-state index >= 15 is 0 Å². The Morgan fingerprint density at radius 1 is 1.35 bits per heavy atom. The van der Waals surface area contributed by atoms with E-state index in [-0.39, 0.29) is 11.8 Å². The van der Waals surface area contributed by atoms with E-state index in [1.807, 2.05) is 7.05 Å². The maximum Gasteiger partial charge on any atom is 0.132 e. The highest BCUT2D eigenvalue weighted by Crippen LogP contribution is 2.35. The second-order valence-electron chi connectivity index (χ2n) is 5.08. The van der Waals surface area contributed by atoms with Gasteiger partial charge in [0, 0.05) is 12.6 Å². The summed E-state index contributed by atoms with van der Waals surface area (Å²) in [4.78, 5) is 0. The summed E-state index contributed by atoms with van der Waals surface area (Å²) in [6, 6.07) is 0. The van der Waals surface area contributed by atoms with Gasteiger partial charge in [-0.3, -0.25) is 4.68 Å². The van der Waals surface area contributed by atoms with Gasteiger partial charge in [0.05, 0.1) is 11.8 Å². The maximum atomic E-state index is 10.4. The van der Waals surface area contributed by atoms with E-state index in [1.54, 1.807) is 4.68 Å². The molecule has 0 aliphatic heterocycles. The van der Waals surface area contributed by atoms with Gasteiger partial charge < -0.3 is 5.11 Å². The molecule has 0 radical (unpaired) electrons. The molecule has 17 heavy (non-hydrogen) atoms. The minimum Gasteiger partial charge on any atom is -0.388 e. The van der Waals surface area contributed by atoms with Crippen molar-refractivity contribution in [3.63, 3.8) is 0 Å². The van der Waals surface area contributed by atoms with Gasteiger partial charge >= 0.3 is 0 Å². The zero-order chi connectivity index (χ0) is 13.2. The van der Waals surface area contributed by atoms with Crippen LogP contribution in [0.4, 0.5) is 0 Å². The third-order valence-electron chi connectivity index (χ3n) is 3.17. The van der Waals surface area contributed by atoms with Crippen LogP contribution < -0.4 is 0 Å². The van der Waals surface area contributed by atoms with Crippen molar-refractivity contribution >= 4 is 11.6 Å². The largest absolute Gasteiger partial charge is 0.388 e. The molecule has 0 aromatic carbocycles. The average molecular weight is 259 g/mol. The summed E-state index contributed by atoms with van der Waals surface area (Å²) in [5.41, 5.74) is 1.72. The molecule has 0 fully saturated rings. The summed E-state index contributed by atoms with van der Waals surface area (Å²) in [6.45, 7) is 8.32. The second-order valence-corrected chi connectivity index (χ2v) is 5.44. The van der Waals surface area contributed by atoms with Crippen LogP contribution in [0.25, 0.3) is 0 Å². The van der Waals surface area contributed by atoms with Gasteiger partial charge in [0.1, 0.15) is 5.15 Å². The van der Waals surface area contributed by atoms with Gasteiger partial charge in [-0.25, -0.2) is 0 Å². The van der Waals surface area contributed by atoms with Crippen LogP contribution >= 0.6 is 11.6 Å². The topological polar surface area (TPSA) is 38.1 Å². The Kier molecular flexibility index (Phi) is 5.02. The number of rotatable bonds is 5. The predicted molar refractivity (Wildman–Crippen MR) is 71.3 cm³/mol. The minimum absolute atomic E-state index is 0.208. The van der Waals surface area contributed by atoms with Gasteiger partial charge in [0.25, 0.3) is 0 Å². The third-order valence-corrected chi connectivity index (χ3v) is 3.61. The summed E-state index contributed by atoms with van der Waals surface area (Å²) in [5.74, 6) is 0.478. The molecule has 0 spiro atoms. The zero-order valence-corrected chi connectivity index (χ0v) is 12.1. The van der Waals surface area contributed by atoms with Gasteiger partial charge in [0.2, 0.25) is 0 Å². The molecule has 0 saturated carbocycles. The van der Waals surface area contributed by atoms with Crippen molar-refractivity contribution < 1.29 is 5.11 Å². The van der Waals surface area contributed by atoms with Crippen LogP contribution in [0.3, 0.4) is 0 Å². The number of aryl methyl sites for hydroxylation is 1. The third kappa shape index (κ3) is 3.02. The number of hydrogen-bond acceptors (Lipinski definition) is 2. The van der Waals surface area contributed by atoms with Crippen molar-refractivity contribution in [2.24, 2.45) is 13.0 Å². The minimum atomic E-state index is -0.520. The summed E-state index contributed by atoms with van der Waals surface area (Å²) < 4.78 is 1.65. The molecule has 3 nitrogen and oxygen atoms in total. The van der Waals surface area contributed by atoms with E-state index < -0.39 is 6.10 Å². The molecule has 2 unspecified atom stereocenters. The first-order chi connectivity index (χ1) is 7.90. The number of aromatic nitrogens is 2. The predicted octanol–water partition coefficient (Wildman–Crippen LogP) is 3.67. The molecule has 98 valence electrons. The lowest BCUT2D eigenvalue weighted by molar-refractivity contribution is 0.111. The second kappa shape index (κ2) is 5.87. The molecule has 1 aromatic heterocycles. The van der Waals surface area contributed by atoms with Crippen LogP contribution in [0, 0.1) is 5.92 Å². The Labute approximate surface area is 109 Å². The lowest BCUT2D eigenvalue weighted by atomic mass is 9.91. The fourth-order valence-electron chi connectivity index (χ4n) is 2.14. The van der Waals surface area contributed by atoms with E-state index in [0.717, 1.165) is 24.1 Å². The van der Waals surface area contributed by atoms with E-state index in [4.69, 9.17) is 11.6 Å². The summed E-state index contributed by atoms with van der Waals surface area (Å²) in [7, 11) is 1.81. The quantitative estimate of drug-likeness (QED) is 0.875. The van der Waals surface area contributed by atoms with Crippen molar-refractivity contribution in [2.75, 3.05) is 0 Å². The average Bonchev–Trinajstić information content (AvgIpc) is 2.55. The molecule has 0 aliphatic carbocycles.